The molecule has 0 saturated carbocycles. The summed E-state index contributed by atoms with van der Waals surface area (Å²) in [4.78, 5) is 22.2. The van der Waals surface area contributed by atoms with Gasteiger partial charge in [-0.3, -0.25) is 9.78 Å². The Morgan fingerprint density at radius 3 is 2.66 bits per heavy atom. The lowest BCUT2D eigenvalue weighted by Gasteiger charge is -2.28. The molecule has 0 spiro atoms. The predicted molar refractivity (Wildman–Crippen MR) is 133 cm³/mol. The number of thiocarbonyl (C=S) groups is 1. The van der Waals surface area contributed by atoms with Crippen molar-refractivity contribution in [1.29, 1.82) is 0 Å². The molecule has 0 fully saturated rings. The second-order valence-electron chi connectivity index (χ2n) is 7.96. The molecule has 0 aliphatic rings. The van der Waals surface area contributed by atoms with Gasteiger partial charge in [-0.25, -0.2) is 0 Å². The molecule has 0 bridgehead atoms. The minimum atomic E-state index is -0.0955. The first-order chi connectivity index (χ1) is 15.5. The zero-order valence-electron chi connectivity index (χ0n) is 18.2. The number of pyridine rings is 2. The summed E-state index contributed by atoms with van der Waals surface area (Å²) in [5.41, 5.74) is 4.67. The smallest absolute Gasteiger partial charge is 0.253 e. The predicted octanol–water partition coefficient (Wildman–Crippen LogP) is 4.87. The van der Waals surface area contributed by atoms with Crippen LogP contribution in [0, 0.1) is 6.92 Å². The van der Waals surface area contributed by atoms with E-state index in [0.29, 0.717) is 23.8 Å². The molecule has 2 aromatic heterocycles. The van der Waals surface area contributed by atoms with Gasteiger partial charge in [-0.1, -0.05) is 54.6 Å². The summed E-state index contributed by atoms with van der Waals surface area (Å²) in [6, 6.07) is 22.1. The average Bonchev–Trinajstić information content (AvgIpc) is 2.81. The molecule has 162 valence electrons. The van der Waals surface area contributed by atoms with E-state index in [0.717, 1.165) is 27.6 Å². The third kappa shape index (κ3) is 5.03. The van der Waals surface area contributed by atoms with Gasteiger partial charge in [0, 0.05) is 24.5 Å². The van der Waals surface area contributed by atoms with Gasteiger partial charge in [0.1, 0.15) is 0 Å². The highest BCUT2D eigenvalue weighted by atomic mass is 32.1. The summed E-state index contributed by atoms with van der Waals surface area (Å²) in [6.07, 6.45) is 3.57. The van der Waals surface area contributed by atoms with Crippen molar-refractivity contribution in [3.05, 3.63) is 112 Å². The second-order valence-corrected chi connectivity index (χ2v) is 8.35. The first-order valence-electron chi connectivity index (χ1n) is 10.6. The Kier molecular flexibility index (Phi) is 6.61. The van der Waals surface area contributed by atoms with E-state index < -0.39 is 0 Å². The molecule has 1 unspecified atom stereocenters. The van der Waals surface area contributed by atoms with Crippen LogP contribution in [0.3, 0.4) is 0 Å². The normalized spacial score (nSPS) is 11.8. The van der Waals surface area contributed by atoms with Crippen LogP contribution < -0.4 is 10.9 Å². The Bertz CT molecular complexity index is 1270. The molecule has 2 N–H and O–H groups in total. The summed E-state index contributed by atoms with van der Waals surface area (Å²) < 4.78 is 0. The van der Waals surface area contributed by atoms with E-state index in [1.165, 1.54) is 0 Å². The fourth-order valence-corrected chi connectivity index (χ4v) is 4.07. The minimum absolute atomic E-state index is 0.0395. The Morgan fingerprint density at radius 1 is 1.09 bits per heavy atom. The SMILES string of the molecule is Cc1cccc2cc(CN(Cc3cccnc3)C(=S)NC(C)c3ccccc3)c(=O)[nH]c12. The van der Waals surface area contributed by atoms with Crippen molar-refractivity contribution in [3.8, 4) is 0 Å². The van der Waals surface area contributed by atoms with Gasteiger partial charge in [0.2, 0.25) is 0 Å². The molecule has 0 aliphatic carbocycles. The van der Waals surface area contributed by atoms with Gasteiger partial charge in [-0.15, -0.1) is 0 Å². The number of H-pyrrole nitrogens is 1. The van der Waals surface area contributed by atoms with Crippen LogP contribution in [0.5, 0.6) is 0 Å². The number of fused-ring (bicyclic) bond motifs is 1. The van der Waals surface area contributed by atoms with Gasteiger partial charge >= 0.3 is 0 Å². The summed E-state index contributed by atoms with van der Waals surface area (Å²) in [6.45, 7) is 5.01. The van der Waals surface area contributed by atoms with Crippen LogP contribution in [0.1, 0.15) is 35.2 Å². The summed E-state index contributed by atoms with van der Waals surface area (Å²) in [7, 11) is 0. The van der Waals surface area contributed by atoms with E-state index in [2.05, 4.69) is 34.3 Å². The lowest BCUT2D eigenvalue weighted by molar-refractivity contribution is 0.391. The maximum Gasteiger partial charge on any atom is 0.253 e. The van der Waals surface area contributed by atoms with Crippen molar-refractivity contribution in [3.63, 3.8) is 0 Å². The molecule has 0 saturated heterocycles. The third-order valence-corrected chi connectivity index (χ3v) is 5.93. The van der Waals surface area contributed by atoms with Crippen molar-refractivity contribution >= 4 is 28.2 Å². The number of hydrogen-bond donors (Lipinski definition) is 2. The molecule has 4 rings (SSSR count). The Balaban J connectivity index is 1.62. The maximum atomic E-state index is 12.9. The van der Waals surface area contributed by atoms with E-state index in [1.807, 2.05) is 72.6 Å². The van der Waals surface area contributed by atoms with Gasteiger partial charge in [0.15, 0.2) is 5.11 Å². The number of nitrogens with one attached hydrogen (secondary N) is 2. The van der Waals surface area contributed by atoms with Gasteiger partial charge in [0.05, 0.1) is 18.1 Å². The number of aryl methyl sites for hydroxylation is 1. The molecule has 6 heteroatoms. The van der Waals surface area contributed by atoms with Crippen molar-refractivity contribution in [2.75, 3.05) is 0 Å². The monoisotopic (exact) mass is 442 g/mol. The molecule has 0 amide bonds. The highest BCUT2D eigenvalue weighted by Gasteiger charge is 2.17. The van der Waals surface area contributed by atoms with E-state index in [4.69, 9.17) is 12.2 Å². The topological polar surface area (TPSA) is 61.0 Å². The molecule has 0 aliphatic heterocycles. The van der Waals surface area contributed by atoms with E-state index >= 15 is 0 Å². The molecule has 32 heavy (non-hydrogen) atoms. The van der Waals surface area contributed by atoms with Crippen LogP contribution >= 0.6 is 12.2 Å². The Morgan fingerprint density at radius 2 is 1.91 bits per heavy atom. The number of aromatic nitrogens is 2. The Labute approximate surface area is 193 Å². The number of rotatable bonds is 6. The van der Waals surface area contributed by atoms with Crippen LogP contribution in [0.25, 0.3) is 10.9 Å². The van der Waals surface area contributed by atoms with E-state index in [-0.39, 0.29) is 11.6 Å². The second kappa shape index (κ2) is 9.75. The molecule has 5 nitrogen and oxygen atoms in total. The van der Waals surface area contributed by atoms with Crippen LogP contribution in [0.15, 0.2) is 83.9 Å². The first kappa shape index (κ1) is 21.7. The molecular formula is C26H26N4OS. The fourth-order valence-electron chi connectivity index (χ4n) is 3.76. The summed E-state index contributed by atoms with van der Waals surface area (Å²) in [5, 5.41) is 5.03. The van der Waals surface area contributed by atoms with E-state index in [9.17, 15) is 4.79 Å². The van der Waals surface area contributed by atoms with Crippen LogP contribution in [-0.2, 0) is 13.1 Å². The zero-order chi connectivity index (χ0) is 22.5. The average molecular weight is 443 g/mol. The molecule has 2 heterocycles. The van der Waals surface area contributed by atoms with Crippen LogP contribution in [0.2, 0.25) is 0 Å². The molecule has 1 atom stereocenters. The highest BCUT2D eigenvalue weighted by Crippen LogP contribution is 2.18. The number of benzene rings is 2. The number of para-hydroxylation sites is 1. The van der Waals surface area contributed by atoms with Crippen LogP contribution in [-0.4, -0.2) is 20.0 Å². The minimum Gasteiger partial charge on any atom is -0.356 e. The number of aromatic amines is 1. The summed E-state index contributed by atoms with van der Waals surface area (Å²) in [5.74, 6) is 0. The van der Waals surface area contributed by atoms with Crippen molar-refractivity contribution < 1.29 is 0 Å². The van der Waals surface area contributed by atoms with Gasteiger partial charge in [-0.2, -0.15) is 0 Å². The quantitative estimate of drug-likeness (QED) is 0.417. The lowest BCUT2D eigenvalue weighted by Crippen LogP contribution is -2.41. The van der Waals surface area contributed by atoms with Crippen molar-refractivity contribution in [2.24, 2.45) is 0 Å². The highest BCUT2D eigenvalue weighted by molar-refractivity contribution is 7.80. The first-order valence-corrected chi connectivity index (χ1v) is 11.0. The largest absolute Gasteiger partial charge is 0.356 e. The zero-order valence-corrected chi connectivity index (χ0v) is 19.0. The maximum absolute atomic E-state index is 12.9. The molecular weight excluding hydrogens is 416 g/mol. The summed E-state index contributed by atoms with van der Waals surface area (Å²) >= 11 is 5.79. The lowest BCUT2D eigenvalue weighted by atomic mass is 10.1. The third-order valence-electron chi connectivity index (χ3n) is 5.55. The van der Waals surface area contributed by atoms with E-state index in [1.54, 1.807) is 6.20 Å². The van der Waals surface area contributed by atoms with Gasteiger partial charge < -0.3 is 15.2 Å². The molecule has 2 aromatic carbocycles. The standard InChI is InChI=1S/C26H26N4OS/c1-18-8-6-12-22-14-23(25(31)29-24(18)22)17-30(16-20-9-7-13-27-15-20)26(32)28-19(2)21-10-4-3-5-11-21/h3-15,19H,16-17H2,1-2H3,(H,28,32)(H,29,31). The van der Waals surface area contributed by atoms with Gasteiger partial charge in [-0.05, 0) is 60.3 Å². The number of nitrogens with zero attached hydrogens (tertiary/aromatic N) is 2. The van der Waals surface area contributed by atoms with Crippen molar-refractivity contribution in [2.45, 2.75) is 33.0 Å². The fraction of sp³-hybridized carbons (Fsp3) is 0.192. The number of hydrogen-bond acceptors (Lipinski definition) is 3. The van der Waals surface area contributed by atoms with Crippen molar-refractivity contribution in [1.82, 2.24) is 20.2 Å². The van der Waals surface area contributed by atoms with Crippen LogP contribution in [0.4, 0.5) is 0 Å². The van der Waals surface area contributed by atoms with Gasteiger partial charge in [0.25, 0.3) is 5.56 Å². The molecule has 0 radical (unpaired) electrons. The molecule has 4 aromatic rings. The Hall–Kier alpha value is -3.51.